The molecule has 0 aliphatic heterocycles. The Balaban J connectivity index is 2.18. The number of anilines is 1. The Morgan fingerprint density at radius 3 is 2.89 bits per heavy atom. The van der Waals surface area contributed by atoms with E-state index in [2.05, 4.69) is 9.97 Å². The van der Waals surface area contributed by atoms with E-state index in [1.54, 1.807) is 23.5 Å². The van der Waals surface area contributed by atoms with E-state index in [1.165, 1.54) is 11.1 Å². The maximum Gasteiger partial charge on any atom is 0.354 e. The van der Waals surface area contributed by atoms with Gasteiger partial charge in [-0.05, 0) is 19.1 Å². The van der Waals surface area contributed by atoms with Crippen LogP contribution in [0.4, 0.5) is 5.69 Å². The molecule has 0 aliphatic rings. The van der Waals surface area contributed by atoms with Gasteiger partial charge < -0.3 is 10.0 Å². The van der Waals surface area contributed by atoms with Crippen LogP contribution in [0, 0.1) is 6.92 Å². The molecule has 0 aliphatic carbocycles. The number of carboxylic acids is 1. The fourth-order valence-electron chi connectivity index (χ4n) is 1.56. The summed E-state index contributed by atoms with van der Waals surface area (Å²) in [5.74, 6) is -1.01. The Bertz CT molecular complexity index is 568. The zero-order chi connectivity index (χ0) is 13.1. The van der Waals surface area contributed by atoms with Gasteiger partial charge in [0.2, 0.25) is 0 Å². The summed E-state index contributed by atoms with van der Waals surface area (Å²) in [6.07, 6.45) is 1.51. The lowest BCUT2D eigenvalue weighted by Gasteiger charge is -2.18. The lowest BCUT2D eigenvalue weighted by atomic mass is 10.3. The smallest absolute Gasteiger partial charge is 0.354 e. The second-order valence-corrected chi connectivity index (χ2v) is 4.86. The average molecular weight is 263 g/mol. The number of aryl methyl sites for hydroxylation is 1. The Morgan fingerprint density at radius 2 is 2.28 bits per heavy atom. The molecule has 2 aromatic rings. The summed E-state index contributed by atoms with van der Waals surface area (Å²) in [7, 11) is 1.92. The number of pyridine rings is 1. The van der Waals surface area contributed by atoms with E-state index < -0.39 is 5.97 Å². The monoisotopic (exact) mass is 263 g/mol. The third-order valence-corrected chi connectivity index (χ3v) is 3.55. The Morgan fingerprint density at radius 1 is 1.50 bits per heavy atom. The third kappa shape index (κ3) is 2.65. The van der Waals surface area contributed by atoms with Crippen molar-refractivity contribution in [3.05, 3.63) is 40.1 Å². The molecule has 0 saturated carbocycles. The maximum absolute atomic E-state index is 10.9. The molecule has 0 aromatic carbocycles. The van der Waals surface area contributed by atoms with Gasteiger partial charge in [0.25, 0.3) is 0 Å². The summed E-state index contributed by atoms with van der Waals surface area (Å²) >= 11 is 1.60. The number of thiazole rings is 1. The fourth-order valence-corrected chi connectivity index (χ4v) is 2.39. The van der Waals surface area contributed by atoms with Crippen LogP contribution < -0.4 is 4.90 Å². The second-order valence-electron chi connectivity index (χ2n) is 3.92. The molecule has 0 unspecified atom stereocenters. The van der Waals surface area contributed by atoms with Crippen LogP contribution in [0.2, 0.25) is 0 Å². The summed E-state index contributed by atoms with van der Waals surface area (Å²) in [5, 5.41) is 8.90. The zero-order valence-electron chi connectivity index (χ0n) is 10.1. The first-order chi connectivity index (χ1) is 8.58. The van der Waals surface area contributed by atoms with Gasteiger partial charge >= 0.3 is 5.97 Å². The van der Waals surface area contributed by atoms with E-state index in [1.807, 2.05) is 24.4 Å². The van der Waals surface area contributed by atoms with Gasteiger partial charge in [0.1, 0.15) is 5.69 Å². The van der Waals surface area contributed by atoms with Crippen LogP contribution in [0.1, 0.15) is 21.1 Å². The van der Waals surface area contributed by atoms with Gasteiger partial charge in [-0.3, -0.25) is 0 Å². The standard InChI is InChI=1S/C12H13N3O2S/c1-8-11(18-7-14-8)6-15(2)9-3-4-13-10(5-9)12(16)17/h3-5,7H,6H2,1-2H3,(H,16,17). The van der Waals surface area contributed by atoms with Crippen molar-refractivity contribution in [1.82, 2.24) is 9.97 Å². The normalized spacial score (nSPS) is 10.3. The molecule has 0 saturated heterocycles. The van der Waals surface area contributed by atoms with Crippen LogP contribution in [0.15, 0.2) is 23.8 Å². The van der Waals surface area contributed by atoms with Crippen molar-refractivity contribution in [2.24, 2.45) is 0 Å². The van der Waals surface area contributed by atoms with E-state index in [0.29, 0.717) is 6.54 Å². The number of rotatable bonds is 4. The highest BCUT2D eigenvalue weighted by molar-refractivity contribution is 7.09. The largest absolute Gasteiger partial charge is 0.477 e. The Labute approximate surface area is 109 Å². The van der Waals surface area contributed by atoms with Crippen molar-refractivity contribution in [2.45, 2.75) is 13.5 Å². The Hall–Kier alpha value is -1.95. The van der Waals surface area contributed by atoms with Gasteiger partial charge in [-0.2, -0.15) is 0 Å². The predicted octanol–water partition coefficient (Wildman–Crippen LogP) is 2.18. The quantitative estimate of drug-likeness (QED) is 0.915. The van der Waals surface area contributed by atoms with Gasteiger partial charge in [0.05, 0.1) is 17.7 Å². The SMILES string of the molecule is Cc1ncsc1CN(C)c1ccnc(C(=O)O)c1. The first-order valence-electron chi connectivity index (χ1n) is 5.37. The number of aromatic nitrogens is 2. The number of aromatic carboxylic acids is 1. The molecule has 5 nitrogen and oxygen atoms in total. The molecule has 2 rings (SSSR count). The van der Waals surface area contributed by atoms with E-state index >= 15 is 0 Å². The average Bonchev–Trinajstić information content (AvgIpc) is 2.75. The summed E-state index contributed by atoms with van der Waals surface area (Å²) < 4.78 is 0. The molecule has 0 atom stereocenters. The predicted molar refractivity (Wildman–Crippen MR) is 70.2 cm³/mol. The fraction of sp³-hybridized carbons (Fsp3) is 0.250. The van der Waals surface area contributed by atoms with E-state index in [4.69, 9.17) is 5.11 Å². The van der Waals surface area contributed by atoms with Crippen molar-refractivity contribution in [1.29, 1.82) is 0 Å². The molecule has 0 radical (unpaired) electrons. The Kier molecular flexibility index (Phi) is 3.57. The minimum Gasteiger partial charge on any atom is -0.477 e. The maximum atomic E-state index is 10.9. The van der Waals surface area contributed by atoms with Crippen LogP contribution in [0.3, 0.4) is 0 Å². The highest BCUT2D eigenvalue weighted by Gasteiger charge is 2.10. The molecular weight excluding hydrogens is 250 g/mol. The van der Waals surface area contributed by atoms with E-state index in [0.717, 1.165) is 11.4 Å². The zero-order valence-corrected chi connectivity index (χ0v) is 10.9. The number of carbonyl (C=O) groups is 1. The molecule has 2 heterocycles. The molecule has 0 amide bonds. The number of carboxylic acid groups (broad SMARTS) is 1. The third-order valence-electron chi connectivity index (χ3n) is 2.63. The van der Waals surface area contributed by atoms with Crippen LogP contribution in [0.25, 0.3) is 0 Å². The molecule has 94 valence electrons. The van der Waals surface area contributed by atoms with Crippen molar-refractivity contribution >= 4 is 23.0 Å². The first kappa shape index (κ1) is 12.5. The minimum absolute atomic E-state index is 0.0559. The molecule has 6 heteroatoms. The van der Waals surface area contributed by atoms with Gasteiger partial charge in [-0.1, -0.05) is 0 Å². The van der Waals surface area contributed by atoms with Crippen LogP contribution in [-0.4, -0.2) is 28.1 Å². The topological polar surface area (TPSA) is 66.3 Å². The lowest BCUT2D eigenvalue weighted by Crippen LogP contribution is -2.17. The van der Waals surface area contributed by atoms with Crippen LogP contribution in [-0.2, 0) is 6.54 Å². The molecule has 0 spiro atoms. The van der Waals surface area contributed by atoms with Gasteiger partial charge in [-0.15, -0.1) is 11.3 Å². The molecule has 0 bridgehead atoms. The highest BCUT2D eigenvalue weighted by atomic mass is 32.1. The van der Waals surface area contributed by atoms with Crippen molar-refractivity contribution in [2.75, 3.05) is 11.9 Å². The van der Waals surface area contributed by atoms with Crippen molar-refractivity contribution in [3.8, 4) is 0 Å². The van der Waals surface area contributed by atoms with Crippen molar-refractivity contribution < 1.29 is 9.90 Å². The summed E-state index contributed by atoms with van der Waals surface area (Å²) in [6, 6.07) is 3.36. The van der Waals surface area contributed by atoms with Gasteiger partial charge in [0.15, 0.2) is 0 Å². The number of hydrogen-bond acceptors (Lipinski definition) is 5. The van der Waals surface area contributed by atoms with Crippen LogP contribution >= 0.6 is 11.3 Å². The second kappa shape index (κ2) is 5.14. The van der Waals surface area contributed by atoms with Crippen molar-refractivity contribution in [3.63, 3.8) is 0 Å². The lowest BCUT2D eigenvalue weighted by molar-refractivity contribution is 0.0690. The highest BCUT2D eigenvalue weighted by Crippen LogP contribution is 2.19. The molecule has 2 aromatic heterocycles. The van der Waals surface area contributed by atoms with Crippen LogP contribution in [0.5, 0.6) is 0 Å². The molecule has 0 fully saturated rings. The van der Waals surface area contributed by atoms with E-state index in [-0.39, 0.29) is 5.69 Å². The molecular formula is C12H13N3O2S. The minimum atomic E-state index is -1.01. The molecule has 18 heavy (non-hydrogen) atoms. The number of nitrogens with zero attached hydrogens (tertiary/aromatic N) is 3. The van der Waals surface area contributed by atoms with Gasteiger partial charge in [-0.25, -0.2) is 14.8 Å². The summed E-state index contributed by atoms with van der Waals surface area (Å²) in [6.45, 7) is 2.68. The number of hydrogen-bond donors (Lipinski definition) is 1. The summed E-state index contributed by atoms with van der Waals surface area (Å²) in [4.78, 5) is 22.0. The first-order valence-corrected chi connectivity index (χ1v) is 6.25. The van der Waals surface area contributed by atoms with Gasteiger partial charge in [0, 0.05) is 23.8 Å². The molecule has 1 N–H and O–H groups in total. The summed E-state index contributed by atoms with van der Waals surface area (Å²) in [5.41, 5.74) is 3.71. The van der Waals surface area contributed by atoms with E-state index in [9.17, 15) is 4.79 Å².